The lowest BCUT2D eigenvalue weighted by molar-refractivity contribution is -0.123. The molecule has 0 saturated heterocycles. The molecule has 118 valence electrons. The molecular weight excluding hydrogens is 297 g/mol. The molecule has 0 aliphatic heterocycles. The van der Waals surface area contributed by atoms with Crippen LogP contribution in [0.5, 0.6) is 5.75 Å². The number of halogens is 2. The zero-order valence-corrected chi connectivity index (χ0v) is 13.0. The lowest BCUT2D eigenvalue weighted by atomic mass is 9.83. The van der Waals surface area contributed by atoms with E-state index in [1.807, 2.05) is 13.8 Å². The smallest absolute Gasteiger partial charge is 0.257 e. The second kappa shape index (κ2) is 8.20. The van der Waals surface area contributed by atoms with E-state index in [4.69, 9.17) is 16.3 Å². The highest BCUT2D eigenvalue weighted by Gasteiger charge is 2.25. The van der Waals surface area contributed by atoms with Gasteiger partial charge in [0, 0.05) is 12.0 Å². The molecule has 0 bridgehead atoms. The Kier molecular flexibility index (Phi) is 6.92. The third-order valence-corrected chi connectivity index (χ3v) is 4.04. The zero-order chi connectivity index (χ0) is 15.9. The SMILES string of the molecule is CCC(CC)(CO)CNC(=O)COc1ccc(F)cc1Cl. The molecule has 1 aromatic rings. The Bertz CT molecular complexity index is 470. The van der Waals surface area contributed by atoms with Crippen molar-refractivity contribution in [3.8, 4) is 5.75 Å². The maximum atomic E-state index is 12.9. The Morgan fingerprint density at radius 2 is 2.10 bits per heavy atom. The molecule has 1 amide bonds. The fourth-order valence-electron chi connectivity index (χ4n) is 1.85. The molecule has 0 fully saturated rings. The molecule has 0 atom stereocenters. The Morgan fingerprint density at radius 3 is 2.62 bits per heavy atom. The topological polar surface area (TPSA) is 58.6 Å². The van der Waals surface area contributed by atoms with E-state index >= 15 is 0 Å². The summed E-state index contributed by atoms with van der Waals surface area (Å²) < 4.78 is 18.1. The van der Waals surface area contributed by atoms with Gasteiger partial charge in [0.2, 0.25) is 0 Å². The van der Waals surface area contributed by atoms with Gasteiger partial charge in [-0.1, -0.05) is 25.4 Å². The second-order valence-corrected chi connectivity index (χ2v) is 5.41. The van der Waals surface area contributed by atoms with E-state index in [2.05, 4.69) is 5.32 Å². The number of hydrogen-bond acceptors (Lipinski definition) is 3. The fourth-order valence-corrected chi connectivity index (χ4v) is 2.07. The molecule has 0 radical (unpaired) electrons. The first kappa shape index (κ1) is 17.7. The van der Waals surface area contributed by atoms with E-state index in [0.717, 1.165) is 18.9 Å². The normalized spacial score (nSPS) is 11.3. The molecule has 0 aliphatic carbocycles. The summed E-state index contributed by atoms with van der Waals surface area (Å²) in [6, 6.07) is 3.71. The molecule has 2 N–H and O–H groups in total. The van der Waals surface area contributed by atoms with Crippen molar-refractivity contribution < 1.29 is 19.0 Å². The highest BCUT2D eigenvalue weighted by Crippen LogP contribution is 2.25. The van der Waals surface area contributed by atoms with Crippen LogP contribution >= 0.6 is 11.6 Å². The van der Waals surface area contributed by atoms with Gasteiger partial charge in [-0.3, -0.25) is 4.79 Å². The third kappa shape index (κ3) is 5.17. The van der Waals surface area contributed by atoms with Crippen molar-refractivity contribution in [3.63, 3.8) is 0 Å². The van der Waals surface area contributed by atoms with Crippen molar-refractivity contribution in [1.29, 1.82) is 0 Å². The van der Waals surface area contributed by atoms with Crippen LogP contribution in [0.15, 0.2) is 18.2 Å². The maximum absolute atomic E-state index is 12.9. The molecule has 21 heavy (non-hydrogen) atoms. The first-order chi connectivity index (χ1) is 9.96. The van der Waals surface area contributed by atoms with Crippen molar-refractivity contribution in [2.24, 2.45) is 5.41 Å². The summed E-state index contributed by atoms with van der Waals surface area (Å²) in [4.78, 5) is 11.8. The fraction of sp³-hybridized carbons (Fsp3) is 0.533. The molecule has 1 rings (SSSR count). The summed E-state index contributed by atoms with van der Waals surface area (Å²) in [6.45, 7) is 4.14. The number of hydrogen-bond donors (Lipinski definition) is 2. The molecule has 4 nitrogen and oxygen atoms in total. The van der Waals surface area contributed by atoms with Crippen LogP contribution in [0.1, 0.15) is 26.7 Å². The summed E-state index contributed by atoms with van der Waals surface area (Å²) in [7, 11) is 0. The van der Waals surface area contributed by atoms with Gasteiger partial charge < -0.3 is 15.2 Å². The molecule has 0 aliphatic rings. The van der Waals surface area contributed by atoms with Crippen molar-refractivity contribution in [1.82, 2.24) is 5.32 Å². The average Bonchev–Trinajstić information content (AvgIpc) is 2.48. The maximum Gasteiger partial charge on any atom is 0.257 e. The van der Waals surface area contributed by atoms with Crippen molar-refractivity contribution in [2.75, 3.05) is 19.8 Å². The number of amides is 1. The molecule has 0 saturated carbocycles. The number of ether oxygens (including phenoxy) is 1. The minimum absolute atomic E-state index is 0.0188. The van der Waals surface area contributed by atoms with Gasteiger partial charge >= 0.3 is 0 Å². The van der Waals surface area contributed by atoms with Crippen LogP contribution in [0.2, 0.25) is 5.02 Å². The Morgan fingerprint density at radius 1 is 1.43 bits per heavy atom. The van der Waals surface area contributed by atoms with E-state index in [-0.39, 0.29) is 35.3 Å². The summed E-state index contributed by atoms with van der Waals surface area (Å²) in [5.74, 6) is -0.516. The van der Waals surface area contributed by atoms with Crippen LogP contribution in [0.25, 0.3) is 0 Å². The molecule has 0 unspecified atom stereocenters. The van der Waals surface area contributed by atoms with E-state index in [9.17, 15) is 14.3 Å². The monoisotopic (exact) mass is 317 g/mol. The highest BCUT2D eigenvalue weighted by atomic mass is 35.5. The predicted molar refractivity (Wildman–Crippen MR) is 80.0 cm³/mol. The second-order valence-electron chi connectivity index (χ2n) is 5.01. The van der Waals surface area contributed by atoms with Gasteiger partial charge in [0.05, 0.1) is 11.6 Å². The van der Waals surface area contributed by atoms with E-state index in [1.165, 1.54) is 12.1 Å². The standard InChI is InChI=1S/C15H21ClFNO3/c1-3-15(4-2,10-19)9-18-14(20)8-21-13-6-5-11(17)7-12(13)16/h5-7,19H,3-4,8-10H2,1-2H3,(H,18,20). The van der Waals surface area contributed by atoms with Gasteiger partial charge in [-0.2, -0.15) is 0 Å². The Labute approximate surface area is 129 Å². The number of aliphatic hydroxyl groups excluding tert-OH is 1. The molecule has 0 aromatic heterocycles. The summed E-state index contributed by atoms with van der Waals surface area (Å²) in [6.07, 6.45) is 1.54. The lowest BCUT2D eigenvalue weighted by Gasteiger charge is -2.29. The van der Waals surface area contributed by atoms with Gasteiger partial charge in [0.15, 0.2) is 6.61 Å². The van der Waals surface area contributed by atoms with Crippen LogP contribution in [0.4, 0.5) is 4.39 Å². The minimum atomic E-state index is -0.463. The van der Waals surface area contributed by atoms with Gasteiger partial charge in [0.25, 0.3) is 5.91 Å². The number of rotatable bonds is 8. The summed E-state index contributed by atoms with van der Waals surface area (Å²) in [5.41, 5.74) is -0.302. The predicted octanol–water partition coefficient (Wildman–Crippen LogP) is 2.77. The van der Waals surface area contributed by atoms with Crippen LogP contribution in [-0.4, -0.2) is 30.8 Å². The van der Waals surface area contributed by atoms with Gasteiger partial charge in [-0.15, -0.1) is 0 Å². The minimum Gasteiger partial charge on any atom is -0.482 e. The van der Waals surface area contributed by atoms with E-state index < -0.39 is 5.82 Å². The van der Waals surface area contributed by atoms with Gasteiger partial charge in [-0.05, 0) is 31.0 Å². The van der Waals surface area contributed by atoms with E-state index in [0.29, 0.717) is 6.54 Å². The average molecular weight is 318 g/mol. The van der Waals surface area contributed by atoms with Gasteiger partial charge in [0.1, 0.15) is 11.6 Å². The first-order valence-electron chi connectivity index (χ1n) is 6.91. The number of aliphatic hydroxyl groups is 1. The first-order valence-corrected chi connectivity index (χ1v) is 7.29. The summed E-state index contributed by atoms with van der Waals surface area (Å²) in [5, 5.41) is 12.3. The quantitative estimate of drug-likeness (QED) is 0.775. The molecule has 1 aromatic carbocycles. The van der Waals surface area contributed by atoms with Crippen LogP contribution in [0.3, 0.4) is 0 Å². The van der Waals surface area contributed by atoms with Gasteiger partial charge in [-0.25, -0.2) is 4.39 Å². The number of carbonyl (C=O) groups excluding carboxylic acids is 1. The Balaban J connectivity index is 2.47. The Hall–Kier alpha value is -1.33. The van der Waals surface area contributed by atoms with Crippen LogP contribution < -0.4 is 10.1 Å². The number of carbonyl (C=O) groups is 1. The molecular formula is C15H21ClFNO3. The van der Waals surface area contributed by atoms with E-state index in [1.54, 1.807) is 0 Å². The van der Waals surface area contributed by atoms with Crippen molar-refractivity contribution in [2.45, 2.75) is 26.7 Å². The molecule has 6 heteroatoms. The summed E-state index contributed by atoms with van der Waals surface area (Å²) >= 11 is 5.80. The largest absolute Gasteiger partial charge is 0.482 e. The van der Waals surface area contributed by atoms with Crippen molar-refractivity contribution >= 4 is 17.5 Å². The number of nitrogens with one attached hydrogen (secondary N) is 1. The lowest BCUT2D eigenvalue weighted by Crippen LogP contribution is -2.41. The molecule has 0 spiro atoms. The third-order valence-electron chi connectivity index (χ3n) is 3.75. The highest BCUT2D eigenvalue weighted by molar-refractivity contribution is 6.32. The number of benzene rings is 1. The van der Waals surface area contributed by atoms with Crippen LogP contribution in [-0.2, 0) is 4.79 Å². The zero-order valence-electron chi connectivity index (χ0n) is 12.3. The molecule has 0 heterocycles. The van der Waals surface area contributed by atoms with Crippen molar-refractivity contribution in [3.05, 3.63) is 29.0 Å². The van der Waals surface area contributed by atoms with Crippen LogP contribution in [0, 0.1) is 11.2 Å².